The zero-order chi connectivity index (χ0) is 14.0. The second-order valence-electron chi connectivity index (χ2n) is 3.98. The molecule has 0 saturated heterocycles. The molecule has 0 aliphatic heterocycles. The maximum Gasteiger partial charge on any atom is 0.337 e. The first-order valence-corrected chi connectivity index (χ1v) is 5.39. The highest BCUT2D eigenvalue weighted by Crippen LogP contribution is 2.22. The van der Waals surface area contributed by atoms with Gasteiger partial charge in [0.25, 0.3) is 0 Å². The van der Waals surface area contributed by atoms with Gasteiger partial charge < -0.3 is 10.4 Å². The van der Waals surface area contributed by atoms with Gasteiger partial charge in [0, 0.05) is 6.07 Å². The number of aromatic nitrogens is 1. The number of benzene rings is 1. The Bertz CT molecular complexity index is 645. The van der Waals surface area contributed by atoms with Crippen molar-refractivity contribution in [1.82, 2.24) is 4.98 Å². The minimum Gasteiger partial charge on any atom is -0.478 e. The molecule has 6 heteroatoms. The van der Waals surface area contributed by atoms with Gasteiger partial charge in [0.15, 0.2) is 5.82 Å². The molecule has 4 nitrogen and oxygen atoms in total. The molecule has 0 radical (unpaired) electrons. The number of carbonyl (C=O) groups is 1. The summed E-state index contributed by atoms with van der Waals surface area (Å²) in [6.07, 6.45) is 1.09. The predicted octanol–water partition coefficient (Wildman–Crippen LogP) is 3.11. The van der Waals surface area contributed by atoms with Crippen LogP contribution in [0.3, 0.4) is 0 Å². The Morgan fingerprint density at radius 3 is 2.68 bits per heavy atom. The Morgan fingerprint density at radius 1 is 1.32 bits per heavy atom. The van der Waals surface area contributed by atoms with Crippen LogP contribution in [0.2, 0.25) is 0 Å². The molecule has 2 N–H and O–H groups in total. The summed E-state index contributed by atoms with van der Waals surface area (Å²) in [5, 5.41) is 11.8. The molecule has 1 heterocycles. The van der Waals surface area contributed by atoms with Gasteiger partial charge in [-0.2, -0.15) is 4.39 Å². The third kappa shape index (κ3) is 2.85. The summed E-state index contributed by atoms with van der Waals surface area (Å²) >= 11 is 0. The van der Waals surface area contributed by atoms with Crippen LogP contribution < -0.4 is 5.32 Å². The van der Waals surface area contributed by atoms with Crippen LogP contribution in [-0.4, -0.2) is 16.1 Å². The first-order valence-electron chi connectivity index (χ1n) is 5.39. The topological polar surface area (TPSA) is 62.2 Å². The Balaban J connectivity index is 2.37. The Morgan fingerprint density at radius 2 is 2.05 bits per heavy atom. The Hall–Kier alpha value is -2.50. The van der Waals surface area contributed by atoms with E-state index in [2.05, 4.69) is 10.3 Å². The number of carboxylic acids is 1. The number of halogens is 2. The fourth-order valence-electron chi connectivity index (χ4n) is 1.59. The Kier molecular flexibility index (Phi) is 3.41. The van der Waals surface area contributed by atoms with E-state index >= 15 is 0 Å². The molecule has 1 aromatic carbocycles. The second-order valence-corrected chi connectivity index (χ2v) is 3.98. The summed E-state index contributed by atoms with van der Waals surface area (Å²) in [5.41, 5.74) is 1.28. The SMILES string of the molecule is Cc1ccc(Nc2cnc(F)c(F)c2)c(C(=O)O)c1. The summed E-state index contributed by atoms with van der Waals surface area (Å²) in [6.45, 7) is 1.76. The summed E-state index contributed by atoms with van der Waals surface area (Å²) < 4.78 is 25.7. The number of pyridine rings is 1. The van der Waals surface area contributed by atoms with Gasteiger partial charge >= 0.3 is 5.97 Å². The van der Waals surface area contributed by atoms with E-state index in [0.29, 0.717) is 0 Å². The summed E-state index contributed by atoms with van der Waals surface area (Å²) in [6, 6.07) is 5.66. The average molecular weight is 264 g/mol. The van der Waals surface area contributed by atoms with Crippen LogP contribution in [-0.2, 0) is 0 Å². The third-order valence-corrected chi connectivity index (χ3v) is 2.48. The van der Waals surface area contributed by atoms with E-state index in [9.17, 15) is 13.6 Å². The molecule has 0 spiro atoms. The van der Waals surface area contributed by atoms with Gasteiger partial charge in [-0.25, -0.2) is 14.2 Å². The standard InChI is InChI=1S/C13H10F2N2O2/c1-7-2-3-11(9(4-7)13(18)19)17-8-5-10(14)12(15)16-6-8/h2-6,17H,1H3,(H,18,19). The number of carboxylic acid groups (broad SMARTS) is 1. The molecule has 98 valence electrons. The van der Waals surface area contributed by atoms with Crippen LogP contribution in [0.5, 0.6) is 0 Å². The van der Waals surface area contributed by atoms with Crippen LogP contribution in [0.4, 0.5) is 20.2 Å². The van der Waals surface area contributed by atoms with Crippen LogP contribution in [0.15, 0.2) is 30.5 Å². The van der Waals surface area contributed by atoms with Gasteiger partial charge in [0.1, 0.15) is 0 Å². The van der Waals surface area contributed by atoms with E-state index in [4.69, 9.17) is 5.11 Å². The van der Waals surface area contributed by atoms with Crippen molar-refractivity contribution in [3.63, 3.8) is 0 Å². The lowest BCUT2D eigenvalue weighted by Gasteiger charge is -2.10. The number of hydrogen-bond acceptors (Lipinski definition) is 3. The van der Waals surface area contributed by atoms with Gasteiger partial charge in [-0.05, 0) is 19.1 Å². The molecule has 0 unspecified atom stereocenters. The lowest BCUT2D eigenvalue weighted by atomic mass is 10.1. The van der Waals surface area contributed by atoms with Crippen molar-refractivity contribution < 1.29 is 18.7 Å². The van der Waals surface area contributed by atoms with E-state index in [1.54, 1.807) is 19.1 Å². The van der Waals surface area contributed by atoms with Crippen molar-refractivity contribution in [2.45, 2.75) is 6.92 Å². The number of hydrogen-bond donors (Lipinski definition) is 2. The minimum absolute atomic E-state index is 0.0460. The van der Waals surface area contributed by atoms with E-state index in [1.807, 2.05) is 0 Å². The zero-order valence-electron chi connectivity index (χ0n) is 9.95. The van der Waals surface area contributed by atoms with Crippen molar-refractivity contribution >= 4 is 17.3 Å². The number of aromatic carboxylic acids is 1. The Labute approximate surface area is 107 Å². The van der Waals surface area contributed by atoms with Crippen LogP contribution in [0.25, 0.3) is 0 Å². The number of nitrogens with one attached hydrogen (secondary N) is 1. The van der Waals surface area contributed by atoms with E-state index in [0.717, 1.165) is 17.8 Å². The van der Waals surface area contributed by atoms with Gasteiger partial charge in [0.05, 0.1) is 23.1 Å². The smallest absolute Gasteiger partial charge is 0.337 e. The molecule has 0 fully saturated rings. The van der Waals surface area contributed by atoms with E-state index in [1.165, 1.54) is 6.07 Å². The van der Waals surface area contributed by atoms with Crippen molar-refractivity contribution in [3.8, 4) is 0 Å². The number of rotatable bonds is 3. The fraction of sp³-hybridized carbons (Fsp3) is 0.0769. The highest BCUT2D eigenvalue weighted by Gasteiger charge is 2.11. The summed E-state index contributed by atoms with van der Waals surface area (Å²) in [5.74, 6) is -3.41. The van der Waals surface area contributed by atoms with Crippen LogP contribution in [0.1, 0.15) is 15.9 Å². The summed E-state index contributed by atoms with van der Waals surface area (Å²) in [7, 11) is 0. The molecule has 0 bridgehead atoms. The quantitative estimate of drug-likeness (QED) is 0.836. The van der Waals surface area contributed by atoms with Crippen molar-refractivity contribution in [1.29, 1.82) is 0 Å². The molecule has 1 aromatic heterocycles. The van der Waals surface area contributed by atoms with E-state index < -0.39 is 17.7 Å². The number of anilines is 2. The highest BCUT2D eigenvalue weighted by atomic mass is 19.2. The lowest BCUT2D eigenvalue weighted by molar-refractivity contribution is 0.0698. The first-order chi connectivity index (χ1) is 8.97. The fourth-order valence-corrected chi connectivity index (χ4v) is 1.59. The van der Waals surface area contributed by atoms with Crippen LogP contribution in [0, 0.1) is 18.7 Å². The summed E-state index contributed by atoms with van der Waals surface area (Å²) in [4.78, 5) is 14.3. The zero-order valence-corrected chi connectivity index (χ0v) is 9.95. The maximum absolute atomic E-state index is 13.0. The minimum atomic E-state index is -1.20. The third-order valence-electron chi connectivity index (χ3n) is 2.48. The monoisotopic (exact) mass is 264 g/mol. The highest BCUT2D eigenvalue weighted by molar-refractivity contribution is 5.95. The normalized spacial score (nSPS) is 10.3. The van der Waals surface area contributed by atoms with Crippen molar-refractivity contribution in [3.05, 3.63) is 53.4 Å². The molecule has 0 amide bonds. The second kappa shape index (κ2) is 5.01. The van der Waals surface area contributed by atoms with Crippen molar-refractivity contribution in [2.24, 2.45) is 0 Å². The molecule has 0 aliphatic rings. The average Bonchev–Trinajstić information content (AvgIpc) is 2.36. The molecule has 2 rings (SSSR count). The molecule has 0 aliphatic carbocycles. The van der Waals surface area contributed by atoms with Crippen molar-refractivity contribution in [2.75, 3.05) is 5.32 Å². The van der Waals surface area contributed by atoms with E-state index in [-0.39, 0.29) is 16.9 Å². The van der Waals surface area contributed by atoms with Gasteiger partial charge in [-0.15, -0.1) is 0 Å². The first kappa shape index (κ1) is 12.9. The van der Waals surface area contributed by atoms with Gasteiger partial charge in [-0.3, -0.25) is 0 Å². The van der Waals surface area contributed by atoms with Crippen LogP contribution >= 0.6 is 0 Å². The van der Waals surface area contributed by atoms with Gasteiger partial charge in [-0.1, -0.05) is 11.6 Å². The molecule has 19 heavy (non-hydrogen) atoms. The molecular weight excluding hydrogens is 254 g/mol. The number of aryl methyl sites for hydroxylation is 1. The number of nitrogens with zero attached hydrogens (tertiary/aromatic N) is 1. The van der Waals surface area contributed by atoms with Gasteiger partial charge in [0.2, 0.25) is 5.95 Å². The maximum atomic E-state index is 13.0. The largest absolute Gasteiger partial charge is 0.478 e. The lowest BCUT2D eigenvalue weighted by Crippen LogP contribution is -2.04. The molecular formula is C13H10F2N2O2. The molecule has 0 saturated carbocycles. The predicted molar refractivity (Wildman–Crippen MR) is 65.6 cm³/mol. The molecule has 2 aromatic rings. The molecule has 0 atom stereocenters.